The Labute approximate surface area is 141 Å². The van der Waals surface area contributed by atoms with Crippen LogP contribution in [0.1, 0.15) is 6.42 Å². The molecule has 124 valence electrons. The molecule has 1 N–H and O–H groups in total. The van der Waals surface area contributed by atoms with Crippen molar-refractivity contribution < 1.29 is 18.4 Å². The molecule has 0 aliphatic carbocycles. The van der Waals surface area contributed by atoms with Crippen molar-refractivity contribution in [2.75, 3.05) is 22.5 Å². The molecule has 0 aromatic heterocycles. The lowest BCUT2D eigenvalue weighted by Crippen LogP contribution is -2.37. The minimum absolute atomic E-state index is 0.0132. The molecule has 7 heteroatoms. The summed E-state index contributed by atoms with van der Waals surface area (Å²) < 4.78 is 26.7. The van der Waals surface area contributed by atoms with Crippen LogP contribution in [0.4, 0.5) is 20.2 Å². The maximum absolute atomic E-state index is 13.5. The third-order valence-electron chi connectivity index (χ3n) is 3.57. The highest BCUT2D eigenvalue weighted by molar-refractivity contribution is 8.00. The van der Waals surface area contributed by atoms with Crippen molar-refractivity contribution >= 4 is 35.0 Å². The van der Waals surface area contributed by atoms with E-state index >= 15 is 0 Å². The summed E-state index contributed by atoms with van der Waals surface area (Å²) in [6, 6.07) is 10.3. The first-order valence-corrected chi connectivity index (χ1v) is 8.30. The van der Waals surface area contributed by atoms with Crippen LogP contribution >= 0.6 is 11.8 Å². The Hall–Kier alpha value is -2.41. The van der Waals surface area contributed by atoms with Crippen molar-refractivity contribution in [2.24, 2.45) is 0 Å². The zero-order valence-corrected chi connectivity index (χ0v) is 13.4. The number of halogens is 2. The Morgan fingerprint density at radius 1 is 1.21 bits per heavy atom. The van der Waals surface area contributed by atoms with Gasteiger partial charge in [0.05, 0.1) is 17.1 Å². The fourth-order valence-corrected chi connectivity index (χ4v) is 3.35. The van der Waals surface area contributed by atoms with Gasteiger partial charge < -0.3 is 10.2 Å². The quantitative estimate of drug-likeness (QED) is 0.921. The standard InChI is InChI=1S/C17H14F2N2O2S/c18-11-5-6-12(19)13(9-11)20-16(22)7-8-21-14-3-1-2-4-15(14)24-10-17(21)23/h1-6,9H,7-8,10H2,(H,20,22). The maximum atomic E-state index is 13.5. The van der Waals surface area contributed by atoms with Crippen molar-refractivity contribution in [2.45, 2.75) is 11.3 Å². The number of hydrogen-bond acceptors (Lipinski definition) is 3. The molecule has 2 aromatic rings. The van der Waals surface area contributed by atoms with Crippen molar-refractivity contribution in [1.29, 1.82) is 0 Å². The number of hydrogen-bond donors (Lipinski definition) is 1. The minimum atomic E-state index is -0.708. The Morgan fingerprint density at radius 2 is 2.00 bits per heavy atom. The van der Waals surface area contributed by atoms with E-state index in [-0.39, 0.29) is 24.6 Å². The molecule has 0 saturated heterocycles. The number of benzene rings is 2. The Kier molecular flexibility index (Phi) is 4.80. The molecule has 0 bridgehead atoms. The average molecular weight is 348 g/mol. The van der Waals surface area contributed by atoms with E-state index in [9.17, 15) is 18.4 Å². The molecule has 0 saturated carbocycles. The number of carbonyl (C=O) groups excluding carboxylic acids is 2. The van der Waals surface area contributed by atoms with E-state index in [1.54, 1.807) is 4.90 Å². The van der Waals surface area contributed by atoms with Gasteiger partial charge in [-0.05, 0) is 24.3 Å². The molecule has 0 fully saturated rings. The number of rotatable bonds is 4. The van der Waals surface area contributed by atoms with E-state index in [1.165, 1.54) is 11.8 Å². The summed E-state index contributed by atoms with van der Waals surface area (Å²) in [5, 5.41) is 2.33. The van der Waals surface area contributed by atoms with Crippen LogP contribution in [0, 0.1) is 11.6 Å². The topological polar surface area (TPSA) is 49.4 Å². The normalized spacial score (nSPS) is 13.6. The van der Waals surface area contributed by atoms with Gasteiger partial charge in [0.25, 0.3) is 0 Å². The zero-order valence-electron chi connectivity index (χ0n) is 12.6. The number of thioether (sulfide) groups is 1. The molecule has 1 aliphatic heterocycles. The van der Waals surface area contributed by atoms with E-state index in [2.05, 4.69) is 5.32 Å². The van der Waals surface area contributed by atoms with Crippen LogP contribution in [0.5, 0.6) is 0 Å². The average Bonchev–Trinajstić information content (AvgIpc) is 2.57. The molecule has 0 spiro atoms. The Morgan fingerprint density at radius 3 is 2.83 bits per heavy atom. The van der Waals surface area contributed by atoms with Gasteiger partial charge in [0.2, 0.25) is 11.8 Å². The van der Waals surface area contributed by atoms with Gasteiger partial charge in [0.15, 0.2) is 0 Å². The van der Waals surface area contributed by atoms with E-state index < -0.39 is 17.5 Å². The predicted octanol–water partition coefficient (Wildman–Crippen LogP) is 3.43. The molecule has 24 heavy (non-hydrogen) atoms. The van der Waals surface area contributed by atoms with E-state index in [1.807, 2.05) is 24.3 Å². The third-order valence-corrected chi connectivity index (χ3v) is 4.62. The lowest BCUT2D eigenvalue weighted by Gasteiger charge is -2.28. The van der Waals surface area contributed by atoms with E-state index in [0.29, 0.717) is 5.75 Å². The summed E-state index contributed by atoms with van der Waals surface area (Å²) in [5.74, 6) is -1.59. The smallest absolute Gasteiger partial charge is 0.237 e. The molecule has 2 amide bonds. The molecule has 0 atom stereocenters. The van der Waals surface area contributed by atoms with Crippen molar-refractivity contribution in [3.8, 4) is 0 Å². The molecule has 0 unspecified atom stereocenters. The molecule has 0 radical (unpaired) electrons. The maximum Gasteiger partial charge on any atom is 0.237 e. The van der Waals surface area contributed by atoms with Gasteiger partial charge in [-0.3, -0.25) is 9.59 Å². The number of amides is 2. The lowest BCUT2D eigenvalue weighted by molar-refractivity contribution is -0.117. The summed E-state index contributed by atoms with van der Waals surface area (Å²) in [7, 11) is 0. The van der Waals surface area contributed by atoms with Crippen LogP contribution in [0.15, 0.2) is 47.4 Å². The summed E-state index contributed by atoms with van der Waals surface area (Å²) in [5.41, 5.74) is 0.560. The monoisotopic (exact) mass is 348 g/mol. The summed E-state index contributed by atoms with van der Waals surface area (Å²) in [6.45, 7) is 0.180. The Bertz CT molecular complexity index is 798. The second-order valence-corrected chi connectivity index (χ2v) is 6.24. The molecular formula is C17H14F2N2O2S. The number of fused-ring (bicyclic) bond motifs is 1. The highest BCUT2D eigenvalue weighted by atomic mass is 32.2. The van der Waals surface area contributed by atoms with Crippen LogP contribution in [0.3, 0.4) is 0 Å². The van der Waals surface area contributed by atoms with Gasteiger partial charge in [0, 0.05) is 23.9 Å². The third kappa shape index (κ3) is 3.56. The largest absolute Gasteiger partial charge is 0.323 e. The van der Waals surface area contributed by atoms with Gasteiger partial charge in [0.1, 0.15) is 11.6 Å². The first-order chi connectivity index (χ1) is 11.5. The van der Waals surface area contributed by atoms with Crippen molar-refractivity contribution in [3.05, 3.63) is 54.1 Å². The second kappa shape index (κ2) is 7.00. The number of nitrogens with zero attached hydrogens (tertiary/aromatic N) is 1. The number of para-hydroxylation sites is 1. The number of carbonyl (C=O) groups is 2. The minimum Gasteiger partial charge on any atom is -0.323 e. The van der Waals surface area contributed by atoms with Crippen molar-refractivity contribution in [1.82, 2.24) is 0 Å². The van der Waals surface area contributed by atoms with Crippen LogP contribution in [0.2, 0.25) is 0 Å². The molecule has 3 rings (SSSR count). The van der Waals surface area contributed by atoms with Gasteiger partial charge in [-0.15, -0.1) is 11.8 Å². The lowest BCUT2D eigenvalue weighted by atomic mass is 10.2. The summed E-state index contributed by atoms with van der Waals surface area (Å²) in [4.78, 5) is 26.6. The zero-order chi connectivity index (χ0) is 17.1. The molecule has 1 aliphatic rings. The molecule has 2 aromatic carbocycles. The Balaban J connectivity index is 1.66. The van der Waals surface area contributed by atoms with E-state index in [0.717, 1.165) is 28.8 Å². The van der Waals surface area contributed by atoms with Gasteiger partial charge in [-0.25, -0.2) is 8.78 Å². The fourth-order valence-electron chi connectivity index (χ4n) is 2.42. The highest BCUT2D eigenvalue weighted by Crippen LogP contribution is 2.34. The SMILES string of the molecule is O=C(CCN1C(=O)CSc2ccccc21)Nc1cc(F)ccc1F. The predicted molar refractivity (Wildman–Crippen MR) is 89.1 cm³/mol. The molecule has 1 heterocycles. The summed E-state index contributed by atoms with van der Waals surface area (Å²) in [6.07, 6.45) is -0.0132. The summed E-state index contributed by atoms with van der Waals surface area (Å²) >= 11 is 1.46. The first-order valence-electron chi connectivity index (χ1n) is 7.31. The molecule has 4 nitrogen and oxygen atoms in total. The van der Waals surface area contributed by atoms with Crippen LogP contribution in [-0.4, -0.2) is 24.1 Å². The van der Waals surface area contributed by atoms with Gasteiger partial charge >= 0.3 is 0 Å². The number of anilines is 2. The second-order valence-electron chi connectivity index (χ2n) is 5.22. The highest BCUT2D eigenvalue weighted by Gasteiger charge is 2.24. The van der Waals surface area contributed by atoms with Crippen molar-refractivity contribution in [3.63, 3.8) is 0 Å². The van der Waals surface area contributed by atoms with Crippen LogP contribution in [-0.2, 0) is 9.59 Å². The van der Waals surface area contributed by atoms with E-state index in [4.69, 9.17) is 0 Å². The van der Waals surface area contributed by atoms with Crippen LogP contribution < -0.4 is 10.2 Å². The molecular weight excluding hydrogens is 334 g/mol. The fraction of sp³-hybridized carbons (Fsp3) is 0.176. The van der Waals surface area contributed by atoms with Gasteiger partial charge in [-0.2, -0.15) is 0 Å². The van der Waals surface area contributed by atoms with Crippen LogP contribution in [0.25, 0.3) is 0 Å². The van der Waals surface area contributed by atoms with Gasteiger partial charge in [-0.1, -0.05) is 12.1 Å². The number of nitrogens with one attached hydrogen (secondary N) is 1. The first kappa shape index (κ1) is 16.4.